The lowest BCUT2D eigenvalue weighted by Crippen LogP contribution is -2.23. The molecule has 0 spiro atoms. The van der Waals surface area contributed by atoms with Gasteiger partial charge in [-0.3, -0.25) is 0 Å². The van der Waals surface area contributed by atoms with Crippen LogP contribution in [0, 0.1) is 6.92 Å². The van der Waals surface area contributed by atoms with Gasteiger partial charge in [-0.05, 0) is 37.8 Å². The minimum absolute atomic E-state index is 0.0646. The molecule has 0 saturated carbocycles. The van der Waals surface area contributed by atoms with Crippen molar-refractivity contribution in [1.82, 2.24) is 9.97 Å². The van der Waals surface area contributed by atoms with E-state index >= 15 is 0 Å². The topological polar surface area (TPSA) is 41.1 Å². The summed E-state index contributed by atoms with van der Waals surface area (Å²) < 4.78 is 0. The first-order valence-corrected chi connectivity index (χ1v) is 8.32. The maximum absolute atomic E-state index is 4.70. The van der Waals surface area contributed by atoms with Crippen LogP contribution >= 0.6 is 0 Å². The van der Waals surface area contributed by atoms with Crippen LogP contribution < -0.4 is 10.2 Å². The molecule has 1 heterocycles. The summed E-state index contributed by atoms with van der Waals surface area (Å²) in [6, 6.07) is 10.4. The molecule has 0 unspecified atom stereocenters. The molecule has 1 aromatic heterocycles. The molecule has 0 fully saturated rings. The normalized spacial score (nSPS) is 11.4. The maximum atomic E-state index is 4.70. The SMILES string of the molecule is CCN(CC)c1cc(C)nc(Nc2ccccc2C(C)(C)C)n1. The summed E-state index contributed by atoms with van der Waals surface area (Å²) in [5.41, 5.74) is 3.36. The van der Waals surface area contributed by atoms with Gasteiger partial charge in [-0.25, -0.2) is 4.98 Å². The average molecular weight is 312 g/mol. The van der Waals surface area contributed by atoms with Crippen molar-refractivity contribution in [2.45, 2.75) is 47.0 Å². The molecular weight excluding hydrogens is 284 g/mol. The van der Waals surface area contributed by atoms with Crippen LogP contribution in [-0.2, 0) is 5.41 Å². The largest absolute Gasteiger partial charge is 0.357 e. The average Bonchev–Trinajstić information content (AvgIpc) is 2.47. The highest BCUT2D eigenvalue weighted by Crippen LogP contribution is 2.30. The van der Waals surface area contributed by atoms with Crippen molar-refractivity contribution in [2.24, 2.45) is 0 Å². The quantitative estimate of drug-likeness (QED) is 0.871. The second-order valence-electron chi connectivity index (χ2n) is 6.78. The molecule has 0 saturated heterocycles. The zero-order chi connectivity index (χ0) is 17.0. The number of aryl methyl sites for hydroxylation is 1. The minimum Gasteiger partial charge on any atom is -0.357 e. The van der Waals surface area contributed by atoms with Crippen molar-refractivity contribution in [3.05, 3.63) is 41.6 Å². The van der Waals surface area contributed by atoms with Crippen molar-refractivity contribution < 1.29 is 0 Å². The molecule has 1 aromatic carbocycles. The van der Waals surface area contributed by atoms with Crippen LogP contribution in [0.3, 0.4) is 0 Å². The number of rotatable bonds is 5. The molecule has 4 nitrogen and oxygen atoms in total. The van der Waals surface area contributed by atoms with Gasteiger partial charge in [0.15, 0.2) is 0 Å². The molecule has 0 bridgehead atoms. The van der Waals surface area contributed by atoms with E-state index in [-0.39, 0.29) is 5.41 Å². The van der Waals surface area contributed by atoms with Crippen molar-refractivity contribution in [3.63, 3.8) is 0 Å². The van der Waals surface area contributed by atoms with Gasteiger partial charge in [-0.1, -0.05) is 39.0 Å². The van der Waals surface area contributed by atoms with Gasteiger partial charge in [0.25, 0.3) is 0 Å². The Kier molecular flexibility index (Phi) is 5.24. The molecule has 2 rings (SSSR count). The summed E-state index contributed by atoms with van der Waals surface area (Å²) in [7, 11) is 0. The van der Waals surface area contributed by atoms with Crippen LogP contribution in [-0.4, -0.2) is 23.1 Å². The number of aromatic nitrogens is 2. The lowest BCUT2D eigenvalue weighted by Gasteiger charge is -2.24. The Balaban J connectivity index is 2.38. The predicted molar refractivity (Wildman–Crippen MR) is 98.8 cm³/mol. The van der Waals surface area contributed by atoms with E-state index in [1.807, 2.05) is 19.1 Å². The van der Waals surface area contributed by atoms with E-state index in [1.165, 1.54) is 5.56 Å². The highest BCUT2D eigenvalue weighted by atomic mass is 15.2. The number of nitrogens with zero attached hydrogens (tertiary/aromatic N) is 3. The summed E-state index contributed by atoms with van der Waals surface area (Å²) in [6.45, 7) is 14.8. The number of para-hydroxylation sites is 1. The zero-order valence-corrected chi connectivity index (χ0v) is 15.1. The molecule has 0 aliphatic rings. The molecular formula is C19H28N4. The Morgan fingerprint density at radius 3 is 2.30 bits per heavy atom. The van der Waals surface area contributed by atoms with Crippen molar-refractivity contribution in [3.8, 4) is 0 Å². The number of anilines is 3. The van der Waals surface area contributed by atoms with Crippen molar-refractivity contribution >= 4 is 17.5 Å². The zero-order valence-electron chi connectivity index (χ0n) is 15.1. The smallest absolute Gasteiger partial charge is 0.229 e. The van der Waals surface area contributed by atoms with Gasteiger partial charge >= 0.3 is 0 Å². The molecule has 1 N–H and O–H groups in total. The van der Waals surface area contributed by atoms with E-state index in [0.29, 0.717) is 5.95 Å². The van der Waals surface area contributed by atoms with E-state index in [4.69, 9.17) is 4.98 Å². The summed E-state index contributed by atoms with van der Waals surface area (Å²) in [5, 5.41) is 3.41. The fourth-order valence-corrected chi connectivity index (χ4v) is 2.68. The van der Waals surface area contributed by atoms with E-state index in [9.17, 15) is 0 Å². The molecule has 0 aliphatic heterocycles. The first kappa shape index (κ1) is 17.3. The third kappa shape index (κ3) is 4.21. The summed E-state index contributed by atoms with van der Waals surface area (Å²) in [4.78, 5) is 11.5. The Morgan fingerprint density at radius 2 is 1.70 bits per heavy atom. The molecule has 2 aromatic rings. The minimum atomic E-state index is 0.0646. The Bertz CT molecular complexity index is 655. The van der Waals surface area contributed by atoms with E-state index in [2.05, 4.69) is 68.0 Å². The first-order chi connectivity index (χ1) is 10.8. The van der Waals surface area contributed by atoms with Crippen LogP contribution in [0.1, 0.15) is 45.9 Å². The summed E-state index contributed by atoms with van der Waals surface area (Å²) in [5.74, 6) is 1.63. The van der Waals surface area contributed by atoms with Gasteiger partial charge in [0.2, 0.25) is 5.95 Å². The Hall–Kier alpha value is -2.10. The van der Waals surface area contributed by atoms with Crippen LogP contribution in [0.4, 0.5) is 17.5 Å². The second kappa shape index (κ2) is 6.99. The monoisotopic (exact) mass is 312 g/mol. The number of benzene rings is 1. The Labute approximate surface area is 140 Å². The van der Waals surface area contributed by atoms with Gasteiger partial charge in [-0.2, -0.15) is 4.98 Å². The lowest BCUT2D eigenvalue weighted by molar-refractivity contribution is 0.592. The van der Waals surface area contributed by atoms with Gasteiger partial charge in [0.05, 0.1) is 0 Å². The van der Waals surface area contributed by atoms with E-state index < -0.39 is 0 Å². The number of nitrogens with one attached hydrogen (secondary N) is 1. The van der Waals surface area contributed by atoms with Gasteiger partial charge in [0, 0.05) is 30.5 Å². The van der Waals surface area contributed by atoms with Crippen molar-refractivity contribution in [1.29, 1.82) is 0 Å². The van der Waals surface area contributed by atoms with Gasteiger partial charge in [-0.15, -0.1) is 0 Å². The molecule has 0 atom stereocenters. The van der Waals surface area contributed by atoms with E-state index in [0.717, 1.165) is 30.3 Å². The highest BCUT2D eigenvalue weighted by molar-refractivity contribution is 5.61. The predicted octanol–water partition coefficient (Wildman–Crippen LogP) is 4.67. The third-order valence-electron chi connectivity index (χ3n) is 3.91. The van der Waals surface area contributed by atoms with E-state index in [1.54, 1.807) is 0 Å². The molecule has 124 valence electrons. The number of hydrogen-bond acceptors (Lipinski definition) is 4. The number of hydrogen-bond donors (Lipinski definition) is 1. The lowest BCUT2D eigenvalue weighted by atomic mass is 9.86. The molecule has 0 radical (unpaired) electrons. The molecule has 0 amide bonds. The molecule has 4 heteroatoms. The van der Waals surface area contributed by atoms with Crippen LogP contribution in [0.5, 0.6) is 0 Å². The van der Waals surface area contributed by atoms with Gasteiger partial charge < -0.3 is 10.2 Å². The van der Waals surface area contributed by atoms with Crippen LogP contribution in [0.2, 0.25) is 0 Å². The van der Waals surface area contributed by atoms with Crippen LogP contribution in [0.25, 0.3) is 0 Å². The molecule has 0 aliphatic carbocycles. The second-order valence-corrected chi connectivity index (χ2v) is 6.78. The summed E-state index contributed by atoms with van der Waals surface area (Å²) >= 11 is 0. The van der Waals surface area contributed by atoms with Gasteiger partial charge in [0.1, 0.15) is 5.82 Å². The Morgan fingerprint density at radius 1 is 1.04 bits per heavy atom. The standard InChI is InChI=1S/C19H28N4/c1-7-23(8-2)17-13-14(3)20-18(22-17)21-16-12-10-9-11-15(16)19(4,5)6/h9-13H,7-8H2,1-6H3,(H,20,21,22). The maximum Gasteiger partial charge on any atom is 0.229 e. The molecule has 23 heavy (non-hydrogen) atoms. The fourth-order valence-electron chi connectivity index (χ4n) is 2.68. The first-order valence-electron chi connectivity index (χ1n) is 8.32. The summed E-state index contributed by atoms with van der Waals surface area (Å²) in [6.07, 6.45) is 0. The third-order valence-corrected chi connectivity index (χ3v) is 3.91. The fraction of sp³-hybridized carbons (Fsp3) is 0.474. The van der Waals surface area contributed by atoms with Crippen LogP contribution in [0.15, 0.2) is 30.3 Å². The highest BCUT2D eigenvalue weighted by Gasteiger charge is 2.18. The van der Waals surface area contributed by atoms with Crippen molar-refractivity contribution in [2.75, 3.05) is 23.3 Å².